The second-order valence-electron chi connectivity index (χ2n) is 10.5. The van der Waals surface area contributed by atoms with Crippen molar-refractivity contribution >= 4 is 16.8 Å². The molecule has 0 N–H and O–H groups in total. The predicted octanol–water partition coefficient (Wildman–Crippen LogP) is 5.64. The van der Waals surface area contributed by atoms with Gasteiger partial charge in [0.25, 0.3) is 0 Å². The summed E-state index contributed by atoms with van der Waals surface area (Å²) in [5.74, 6) is 1.74. The maximum absolute atomic E-state index is 14.2. The Morgan fingerprint density at radius 1 is 1.12 bits per heavy atom. The highest BCUT2D eigenvalue weighted by molar-refractivity contribution is 5.97. The van der Waals surface area contributed by atoms with Gasteiger partial charge in [-0.3, -0.25) is 9.69 Å². The lowest BCUT2D eigenvalue weighted by Gasteiger charge is -2.31. The average Bonchev–Trinajstić information content (AvgIpc) is 3.65. The number of piperidine rings is 1. The van der Waals surface area contributed by atoms with Crippen molar-refractivity contribution in [2.75, 3.05) is 13.1 Å². The van der Waals surface area contributed by atoms with Gasteiger partial charge >= 0.3 is 0 Å². The maximum atomic E-state index is 14.2. The minimum atomic E-state index is -0.467. The number of aromatic nitrogens is 4. The molecule has 0 radical (unpaired) electrons. The zero-order valence-electron chi connectivity index (χ0n) is 23.2. The van der Waals surface area contributed by atoms with Gasteiger partial charge in [0.15, 0.2) is 5.78 Å². The van der Waals surface area contributed by atoms with Crippen molar-refractivity contribution in [3.63, 3.8) is 0 Å². The van der Waals surface area contributed by atoms with Crippen LogP contribution in [0.5, 0.6) is 5.88 Å². The number of ether oxygens (including phenoxy) is 1. The second kappa shape index (κ2) is 11.9. The number of carbonyl (C=O) groups is 1. The van der Waals surface area contributed by atoms with E-state index in [-0.39, 0.29) is 23.9 Å². The van der Waals surface area contributed by atoms with E-state index in [0.717, 1.165) is 48.5 Å². The zero-order valence-corrected chi connectivity index (χ0v) is 23.2. The van der Waals surface area contributed by atoms with Crippen molar-refractivity contribution in [3.8, 4) is 11.9 Å². The van der Waals surface area contributed by atoms with Gasteiger partial charge in [0.05, 0.1) is 35.4 Å². The van der Waals surface area contributed by atoms with Crippen molar-refractivity contribution in [2.24, 2.45) is 0 Å². The van der Waals surface area contributed by atoms with E-state index >= 15 is 0 Å². The van der Waals surface area contributed by atoms with Gasteiger partial charge in [0.2, 0.25) is 11.8 Å². The first-order chi connectivity index (χ1) is 20.5. The van der Waals surface area contributed by atoms with E-state index < -0.39 is 5.82 Å². The molecule has 212 valence electrons. The van der Waals surface area contributed by atoms with Crippen molar-refractivity contribution in [1.29, 1.82) is 5.26 Å². The SMILES string of the molecule is CC(=O)c1ccc2nc(CN3CCC(c4cccc(OCc5ccc(C#N)cc5F)n4)CC3)n(Cc3ncco3)c2c1. The van der Waals surface area contributed by atoms with Gasteiger partial charge in [-0.1, -0.05) is 12.1 Å². The predicted molar refractivity (Wildman–Crippen MR) is 152 cm³/mol. The van der Waals surface area contributed by atoms with E-state index in [1.54, 1.807) is 37.6 Å². The van der Waals surface area contributed by atoms with Crippen molar-refractivity contribution in [1.82, 2.24) is 24.4 Å². The average molecular weight is 565 g/mol. The number of Topliss-reactive ketones (excluding diaryl/α,β-unsaturated/α-hetero) is 1. The molecule has 0 saturated carbocycles. The standard InChI is InChI=1S/C32H29FN6O3/c1-21(40)24-7-8-28-29(16-24)39(19-32-35-11-14-41-32)30(36-28)18-38-12-9-23(10-13-38)27-3-2-4-31(37-27)42-20-25-6-5-22(17-34)15-26(25)33/h2-8,11,14-16,23H,9-10,12-13,18-20H2,1H3. The third kappa shape index (κ3) is 5.92. The van der Waals surface area contributed by atoms with Crippen LogP contribution >= 0.6 is 0 Å². The molecule has 0 bridgehead atoms. The summed E-state index contributed by atoms with van der Waals surface area (Å²) >= 11 is 0. The molecule has 5 aromatic rings. The summed E-state index contributed by atoms with van der Waals surface area (Å²) in [5, 5.41) is 8.94. The zero-order chi connectivity index (χ0) is 29.1. The van der Waals surface area contributed by atoms with Crippen LogP contribution < -0.4 is 4.74 Å². The summed E-state index contributed by atoms with van der Waals surface area (Å²) in [6.45, 7) is 4.43. The number of hydrogen-bond donors (Lipinski definition) is 0. The Hall–Kier alpha value is -4.88. The molecule has 6 rings (SSSR count). The Labute approximate surface area is 242 Å². The van der Waals surface area contributed by atoms with Gasteiger partial charge < -0.3 is 13.7 Å². The molecule has 3 aromatic heterocycles. The number of hydrogen-bond acceptors (Lipinski definition) is 8. The number of ketones is 1. The van der Waals surface area contributed by atoms with Gasteiger partial charge in [0, 0.05) is 28.8 Å². The lowest BCUT2D eigenvalue weighted by molar-refractivity contribution is 0.101. The lowest BCUT2D eigenvalue weighted by Crippen LogP contribution is -2.33. The number of fused-ring (bicyclic) bond motifs is 1. The van der Waals surface area contributed by atoms with E-state index in [1.165, 1.54) is 6.07 Å². The van der Waals surface area contributed by atoms with Crippen molar-refractivity contribution in [3.05, 3.63) is 107 Å². The smallest absolute Gasteiger partial charge is 0.213 e. The molecule has 42 heavy (non-hydrogen) atoms. The minimum absolute atomic E-state index is 0.00824. The number of oxazole rings is 1. The number of imidazole rings is 1. The number of likely N-dealkylation sites (tertiary alicyclic amines) is 1. The first kappa shape index (κ1) is 27.3. The first-order valence-corrected chi connectivity index (χ1v) is 13.9. The Bertz CT molecular complexity index is 1770. The quantitative estimate of drug-likeness (QED) is 0.212. The van der Waals surface area contributed by atoms with Crippen LogP contribution in [0.3, 0.4) is 0 Å². The topological polar surface area (TPSA) is 110 Å². The highest BCUT2D eigenvalue weighted by atomic mass is 19.1. The molecule has 0 atom stereocenters. The van der Waals surface area contributed by atoms with E-state index in [1.807, 2.05) is 36.4 Å². The monoisotopic (exact) mass is 564 g/mol. The first-order valence-electron chi connectivity index (χ1n) is 13.9. The van der Waals surface area contributed by atoms with Gasteiger partial charge in [-0.15, -0.1) is 0 Å². The molecule has 9 nitrogen and oxygen atoms in total. The maximum Gasteiger partial charge on any atom is 0.213 e. The number of carbonyl (C=O) groups excluding carboxylic acids is 1. The molecule has 0 unspecified atom stereocenters. The van der Waals surface area contributed by atoms with E-state index in [4.69, 9.17) is 24.4 Å². The number of rotatable bonds is 9. The van der Waals surface area contributed by atoms with Crippen molar-refractivity contribution in [2.45, 2.75) is 45.4 Å². The van der Waals surface area contributed by atoms with Gasteiger partial charge in [0.1, 0.15) is 31.1 Å². The molecular formula is C32H29FN6O3. The fraction of sp³-hybridized carbons (Fsp3) is 0.281. The normalized spacial score (nSPS) is 14.2. The highest BCUT2D eigenvalue weighted by Gasteiger charge is 2.24. The number of pyridine rings is 1. The second-order valence-corrected chi connectivity index (χ2v) is 10.5. The van der Waals surface area contributed by atoms with Crippen LogP contribution in [-0.4, -0.2) is 43.3 Å². The van der Waals surface area contributed by atoms with E-state index in [0.29, 0.717) is 36.0 Å². The molecule has 0 spiro atoms. The third-order valence-corrected chi connectivity index (χ3v) is 7.68. The number of nitriles is 1. The Balaban J connectivity index is 1.12. The molecule has 10 heteroatoms. The Morgan fingerprint density at radius 2 is 1.98 bits per heavy atom. The van der Waals surface area contributed by atoms with E-state index in [9.17, 15) is 9.18 Å². The Morgan fingerprint density at radius 3 is 2.71 bits per heavy atom. The largest absolute Gasteiger partial charge is 0.473 e. The molecule has 1 aliphatic rings. The molecule has 4 heterocycles. The summed E-state index contributed by atoms with van der Waals surface area (Å²) in [6.07, 6.45) is 5.03. The molecule has 1 aliphatic heterocycles. The van der Waals surface area contributed by atoms with Crippen LogP contribution in [0.1, 0.15) is 64.6 Å². The van der Waals surface area contributed by atoms with Crippen LogP contribution in [0.4, 0.5) is 4.39 Å². The summed E-state index contributed by atoms with van der Waals surface area (Å²) in [4.78, 5) is 28.3. The molecule has 2 aromatic carbocycles. The molecule has 0 aliphatic carbocycles. The molecular weight excluding hydrogens is 535 g/mol. The lowest BCUT2D eigenvalue weighted by atomic mass is 9.93. The molecule has 1 fully saturated rings. The summed E-state index contributed by atoms with van der Waals surface area (Å²) in [7, 11) is 0. The fourth-order valence-corrected chi connectivity index (χ4v) is 5.37. The van der Waals surface area contributed by atoms with Crippen LogP contribution in [0.2, 0.25) is 0 Å². The van der Waals surface area contributed by atoms with E-state index in [2.05, 4.69) is 14.5 Å². The Kier molecular flexibility index (Phi) is 7.75. The van der Waals surface area contributed by atoms with Crippen LogP contribution in [0.15, 0.2) is 71.5 Å². The van der Waals surface area contributed by atoms with Crippen LogP contribution in [0, 0.1) is 17.1 Å². The summed E-state index contributed by atoms with van der Waals surface area (Å²) in [5.41, 5.74) is 3.97. The van der Waals surface area contributed by atoms with Crippen LogP contribution in [0.25, 0.3) is 11.0 Å². The van der Waals surface area contributed by atoms with Gasteiger partial charge in [-0.2, -0.15) is 5.26 Å². The molecule has 0 amide bonds. The fourth-order valence-electron chi connectivity index (χ4n) is 5.37. The van der Waals surface area contributed by atoms with Gasteiger partial charge in [-0.25, -0.2) is 19.3 Å². The van der Waals surface area contributed by atoms with Crippen molar-refractivity contribution < 1.29 is 18.3 Å². The number of halogens is 1. The summed E-state index contributed by atoms with van der Waals surface area (Å²) < 4.78 is 27.6. The minimum Gasteiger partial charge on any atom is -0.473 e. The number of benzene rings is 2. The third-order valence-electron chi connectivity index (χ3n) is 7.68. The highest BCUT2D eigenvalue weighted by Crippen LogP contribution is 2.29. The van der Waals surface area contributed by atoms with Gasteiger partial charge in [-0.05, 0) is 69.3 Å². The molecule has 1 saturated heterocycles. The number of nitrogens with zero attached hydrogens (tertiary/aromatic N) is 6. The van der Waals surface area contributed by atoms with Crippen LogP contribution in [-0.2, 0) is 19.7 Å². The summed E-state index contributed by atoms with van der Waals surface area (Å²) in [6, 6.07) is 17.6.